The number of alkyl halides is 2. The third kappa shape index (κ3) is 3.91. The molecule has 13 heteroatoms. The van der Waals surface area contributed by atoms with Gasteiger partial charge in [-0.05, 0) is 24.1 Å². The van der Waals surface area contributed by atoms with Crippen LogP contribution in [-0.4, -0.2) is 92.8 Å². The number of nitrogens with one attached hydrogen (secondary N) is 1. The van der Waals surface area contributed by atoms with Crippen molar-refractivity contribution in [2.24, 2.45) is 0 Å². The molecule has 2 aliphatic rings. The molecule has 0 aliphatic carbocycles. The molecule has 0 spiro atoms. The van der Waals surface area contributed by atoms with Crippen LogP contribution in [0, 0.1) is 5.82 Å². The molecule has 0 radical (unpaired) electrons. The number of ether oxygens (including phenoxy) is 2. The van der Waals surface area contributed by atoms with Crippen molar-refractivity contribution >= 4 is 22.5 Å². The number of methoxy groups -OCH3 is 1. The van der Waals surface area contributed by atoms with E-state index in [-0.39, 0.29) is 43.7 Å². The lowest BCUT2D eigenvalue weighted by Gasteiger charge is -2.42. The monoisotopic (exact) mass is 503 g/mol. The van der Waals surface area contributed by atoms with E-state index in [0.29, 0.717) is 35.1 Å². The van der Waals surface area contributed by atoms with Gasteiger partial charge in [0, 0.05) is 13.1 Å². The van der Waals surface area contributed by atoms with E-state index in [9.17, 15) is 4.39 Å². The first-order valence-electron chi connectivity index (χ1n) is 12.2. The molecule has 3 aromatic heterocycles. The van der Waals surface area contributed by atoms with Crippen LogP contribution in [0.15, 0.2) is 24.4 Å². The van der Waals surface area contributed by atoms with Crippen molar-refractivity contribution in [3.63, 3.8) is 0 Å². The van der Waals surface area contributed by atoms with Crippen molar-refractivity contribution in [2.75, 3.05) is 45.4 Å². The molecule has 36 heavy (non-hydrogen) atoms. The topological polar surface area (TPSA) is 94.6 Å². The number of halogens is 3. The molecule has 0 amide bonds. The summed E-state index contributed by atoms with van der Waals surface area (Å²) >= 11 is 0. The third-order valence-corrected chi connectivity index (χ3v) is 6.69. The summed E-state index contributed by atoms with van der Waals surface area (Å²) in [5.74, 6) is -0.356. The zero-order valence-electron chi connectivity index (χ0n) is 20.5. The number of hydrogen-bond donors (Lipinski definition) is 1. The molecule has 10 nitrogen and oxygen atoms in total. The molecule has 4 aromatic rings. The lowest BCUT2D eigenvalue weighted by atomic mass is 10.0. The van der Waals surface area contributed by atoms with Gasteiger partial charge in [0.25, 0.3) is 0 Å². The molecular formula is C23H25F3N8O2. The second kappa shape index (κ2) is 9.21. The van der Waals surface area contributed by atoms with Gasteiger partial charge in [-0.15, -0.1) is 10.2 Å². The van der Waals surface area contributed by atoms with Gasteiger partial charge in [-0.2, -0.15) is 4.98 Å². The van der Waals surface area contributed by atoms with Crippen LogP contribution in [0.1, 0.15) is 7.79 Å². The Kier molecular flexibility index (Phi) is 5.58. The van der Waals surface area contributed by atoms with Crippen LogP contribution in [0.2, 0.25) is 0 Å². The van der Waals surface area contributed by atoms with Crippen molar-refractivity contribution in [2.45, 2.75) is 31.2 Å². The van der Waals surface area contributed by atoms with Crippen molar-refractivity contribution in [1.82, 2.24) is 34.5 Å². The molecule has 2 aliphatic heterocycles. The van der Waals surface area contributed by atoms with Gasteiger partial charge < -0.3 is 14.8 Å². The lowest BCUT2D eigenvalue weighted by Crippen LogP contribution is -2.57. The number of fused-ring (bicyclic) bond motifs is 2. The minimum atomic E-state index is -1.26. The molecule has 2 saturated heterocycles. The highest BCUT2D eigenvalue weighted by Gasteiger charge is 2.36. The maximum atomic E-state index is 15.3. The summed E-state index contributed by atoms with van der Waals surface area (Å²) in [5.41, 5.74) is 2.12. The Hall–Kier alpha value is -3.45. The van der Waals surface area contributed by atoms with E-state index >= 15 is 8.78 Å². The third-order valence-electron chi connectivity index (χ3n) is 6.69. The van der Waals surface area contributed by atoms with E-state index in [0.717, 1.165) is 0 Å². The summed E-state index contributed by atoms with van der Waals surface area (Å²) in [7, 11) is 1.41. The Balaban J connectivity index is 1.31. The number of rotatable bonds is 7. The molecule has 6 rings (SSSR count). The summed E-state index contributed by atoms with van der Waals surface area (Å²) in [6.45, 7) is 0.605. The first-order chi connectivity index (χ1) is 17.9. The second-order valence-electron chi connectivity index (χ2n) is 8.86. The highest BCUT2D eigenvalue weighted by molar-refractivity contribution is 5.89. The Labute approximate surface area is 205 Å². The summed E-state index contributed by atoms with van der Waals surface area (Å²) in [6, 6.07) is 3.62. The van der Waals surface area contributed by atoms with E-state index in [4.69, 9.17) is 10.8 Å². The number of anilines is 1. The summed E-state index contributed by atoms with van der Waals surface area (Å²) in [5, 5.41) is 15.4. The van der Waals surface area contributed by atoms with Crippen molar-refractivity contribution in [3.8, 4) is 17.0 Å². The van der Waals surface area contributed by atoms with E-state index in [1.165, 1.54) is 22.5 Å². The van der Waals surface area contributed by atoms with E-state index < -0.39 is 30.7 Å². The Morgan fingerprint density at radius 2 is 2.19 bits per heavy atom. The largest absolute Gasteiger partial charge is 0.479 e. The number of aromatic nitrogens is 6. The summed E-state index contributed by atoms with van der Waals surface area (Å²) in [6.07, 6.45) is 0.391. The van der Waals surface area contributed by atoms with Gasteiger partial charge in [-0.1, -0.05) is 11.3 Å². The zero-order valence-corrected chi connectivity index (χ0v) is 19.5. The second-order valence-corrected chi connectivity index (χ2v) is 8.86. The van der Waals surface area contributed by atoms with Crippen molar-refractivity contribution < 1.29 is 24.0 Å². The molecule has 0 saturated carbocycles. The molecule has 1 N–H and O–H groups in total. The average Bonchev–Trinajstić information content (AvgIpc) is 3.43. The van der Waals surface area contributed by atoms with Gasteiger partial charge in [0.2, 0.25) is 11.8 Å². The fourth-order valence-electron chi connectivity index (χ4n) is 4.76. The fraction of sp³-hybridized carbons (Fsp3) is 0.478. The first-order valence-corrected chi connectivity index (χ1v) is 11.7. The molecule has 2 fully saturated rings. The quantitative estimate of drug-likeness (QED) is 0.411. The Bertz CT molecular complexity index is 1460. The number of likely N-dealkylation sites (tertiary alicyclic amines) is 1. The van der Waals surface area contributed by atoms with Crippen LogP contribution >= 0.6 is 0 Å². The van der Waals surface area contributed by atoms with E-state index in [2.05, 4.69) is 25.7 Å². The molecule has 2 atom stereocenters. The van der Waals surface area contributed by atoms with Gasteiger partial charge in [0.1, 0.15) is 23.9 Å². The molecule has 0 bridgehead atoms. The van der Waals surface area contributed by atoms with Crippen LogP contribution in [0.3, 0.4) is 0 Å². The average molecular weight is 504 g/mol. The summed E-state index contributed by atoms with van der Waals surface area (Å²) in [4.78, 5) is 6.19. The Morgan fingerprint density at radius 3 is 2.92 bits per heavy atom. The van der Waals surface area contributed by atoms with Crippen LogP contribution in [0.4, 0.5) is 19.1 Å². The molecule has 1 aromatic carbocycles. The van der Waals surface area contributed by atoms with Gasteiger partial charge in [-0.25, -0.2) is 22.4 Å². The highest BCUT2D eigenvalue weighted by atomic mass is 19.1. The van der Waals surface area contributed by atoms with Gasteiger partial charge in [-0.3, -0.25) is 4.90 Å². The number of piperidine rings is 1. The van der Waals surface area contributed by atoms with Crippen LogP contribution in [0.5, 0.6) is 5.88 Å². The molecule has 0 unspecified atom stereocenters. The number of benzene rings is 1. The number of nitrogens with zero attached hydrogens (tertiary/aromatic N) is 7. The van der Waals surface area contributed by atoms with Crippen molar-refractivity contribution in [3.05, 3.63) is 30.2 Å². The van der Waals surface area contributed by atoms with Crippen LogP contribution in [0.25, 0.3) is 27.7 Å². The maximum absolute atomic E-state index is 15.3. The molecule has 5 heterocycles. The minimum absolute atomic E-state index is 0.0332. The van der Waals surface area contributed by atoms with Gasteiger partial charge >= 0.3 is 0 Å². The van der Waals surface area contributed by atoms with E-state index in [1.54, 1.807) is 23.1 Å². The van der Waals surface area contributed by atoms with Crippen LogP contribution in [-0.2, 0) is 11.3 Å². The van der Waals surface area contributed by atoms with Crippen molar-refractivity contribution in [1.29, 1.82) is 0 Å². The molecule has 190 valence electrons. The van der Waals surface area contributed by atoms with Crippen LogP contribution < -0.4 is 10.1 Å². The predicted octanol–water partition coefficient (Wildman–Crippen LogP) is 2.48. The first kappa shape index (κ1) is 21.8. The predicted molar refractivity (Wildman–Crippen MR) is 125 cm³/mol. The lowest BCUT2D eigenvalue weighted by molar-refractivity contribution is -0.0794. The fourth-order valence-corrected chi connectivity index (χ4v) is 4.76. The number of hydrogen-bond acceptors (Lipinski definition) is 8. The maximum Gasteiger partial charge on any atom is 0.244 e. The van der Waals surface area contributed by atoms with Gasteiger partial charge in [0.15, 0.2) is 5.82 Å². The standard InChI is InChI=1S/C23H25F3N8O2/c1-35-22-21-20(13-2-3-18-19(8-13)33(7-5-24)31-29-18)16(26)10-34(21)30-23(28-22)27-17-4-6-32(9-15(17)25)14-11-36-12-14/h2-3,8,10,14-15,17H,4-7,9,11-12H2,1H3,(H,27,30)/t15-,17-/m1/s1/i14D. The van der Waals surface area contributed by atoms with E-state index in [1.807, 2.05) is 0 Å². The number of aryl methyl sites for hydroxylation is 1. The SMILES string of the molecule is [2H]C1(N2CC[C@@H](Nc3nc(OC)c4c(-c5ccc6nnn(CCF)c6c5)c(F)cn4n3)[C@H](F)C2)COC1. The highest BCUT2D eigenvalue weighted by Crippen LogP contribution is 2.35. The summed E-state index contributed by atoms with van der Waals surface area (Å²) < 4.78 is 64.9. The smallest absolute Gasteiger partial charge is 0.244 e. The zero-order chi connectivity index (χ0) is 25.7. The normalized spacial score (nSPS) is 22.5. The minimum Gasteiger partial charge on any atom is -0.479 e. The van der Waals surface area contributed by atoms with Gasteiger partial charge in [0.05, 0.1) is 57.6 Å². The Morgan fingerprint density at radius 1 is 1.33 bits per heavy atom. The molecular weight excluding hydrogens is 477 g/mol.